The van der Waals surface area contributed by atoms with Crippen molar-refractivity contribution in [1.82, 2.24) is 9.89 Å². The third kappa shape index (κ3) is 0.950. The van der Waals surface area contributed by atoms with Gasteiger partial charge >= 0.3 is 0 Å². The summed E-state index contributed by atoms with van der Waals surface area (Å²) in [5.74, 6) is 6.12. The Morgan fingerprint density at radius 1 is 1.31 bits per heavy atom. The molecule has 0 amide bonds. The van der Waals surface area contributed by atoms with Gasteiger partial charge in [0.1, 0.15) is 0 Å². The van der Waals surface area contributed by atoms with E-state index in [2.05, 4.69) is 5.10 Å². The smallest absolute Gasteiger partial charge is 0.155 e. The number of rotatable bonds is 0. The zero-order valence-electron chi connectivity index (χ0n) is 7.70. The molecular formula is C9H12N4. The molecule has 0 atom stereocenters. The number of nitrogen functional groups attached to an aromatic ring is 2. The number of nitrogens with zero attached hydrogens (tertiary/aromatic N) is 2. The van der Waals surface area contributed by atoms with Gasteiger partial charge in [0.25, 0.3) is 0 Å². The van der Waals surface area contributed by atoms with Crippen molar-refractivity contribution in [2.45, 2.75) is 13.8 Å². The molecule has 2 rings (SSSR count). The van der Waals surface area contributed by atoms with E-state index in [1.165, 1.54) is 10.4 Å². The van der Waals surface area contributed by atoms with Gasteiger partial charge in [0, 0.05) is 5.39 Å². The van der Waals surface area contributed by atoms with E-state index in [0.717, 1.165) is 16.5 Å². The minimum Gasteiger partial charge on any atom is -0.382 e. The lowest BCUT2D eigenvalue weighted by atomic mass is 10.1. The molecule has 4 heteroatoms. The zero-order valence-corrected chi connectivity index (χ0v) is 7.70. The average Bonchev–Trinajstić information content (AvgIpc) is 2.35. The van der Waals surface area contributed by atoms with Crippen molar-refractivity contribution in [3.05, 3.63) is 23.3 Å². The summed E-state index contributed by atoms with van der Waals surface area (Å²) in [5, 5.41) is 4.93. The van der Waals surface area contributed by atoms with E-state index in [9.17, 15) is 0 Å². The Morgan fingerprint density at radius 2 is 2.00 bits per heavy atom. The molecule has 0 aliphatic rings. The minimum absolute atomic E-state index is 0.499. The van der Waals surface area contributed by atoms with Gasteiger partial charge in [-0.3, -0.25) is 0 Å². The van der Waals surface area contributed by atoms with E-state index in [-0.39, 0.29) is 0 Å². The van der Waals surface area contributed by atoms with Crippen LogP contribution in [0, 0.1) is 13.8 Å². The highest BCUT2D eigenvalue weighted by Gasteiger charge is 2.09. The number of aryl methyl sites for hydroxylation is 2. The predicted octanol–water partition coefficient (Wildman–Crippen LogP) is 0.949. The Morgan fingerprint density at radius 3 is 2.69 bits per heavy atom. The van der Waals surface area contributed by atoms with Gasteiger partial charge in [-0.15, -0.1) is 5.10 Å². The standard InChI is InChI=1S/C9H12N4/c1-5-3-4-7-8(6(5)2)9(10)12-13(7)11/h3-4H,11H2,1-2H3,(H2,10,12). The van der Waals surface area contributed by atoms with Gasteiger partial charge in [-0.05, 0) is 31.0 Å². The van der Waals surface area contributed by atoms with Crippen molar-refractivity contribution in [3.63, 3.8) is 0 Å². The predicted molar refractivity (Wildman–Crippen MR) is 53.8 cm³/mol. The quantitative estimate of drug-likeness (QED) is 0.587. The van der Waals surface area contributed by atoms with Gasteiger partial charge in [-0.1, -0.05) is 6.07 Å². The second-order valence-corrected chi connectivity index (χ2v) is 3.23. The van der Waals surface area contributed by atoms with Crippen molar-refractivity contribution in [3.8, 4) is 0 Å². The molecule has 1 heterocycles. The summed E-state index contributed by atoms with van der Waals surface area (Å²) in [5.41, 5.74) is 8.96. The first kappa shape index (κ1) is 7.91. The Hall–Kier alpha value is -1.71. The molecule has 0 spiro atoms. The molecule has 0 aliphatic carbocycles. The van der Waals surface area contributed by atoms with Gasteiger partial charge in [-0.2, -0.15) is 4.79 Å². The van der Waals surface area contributed by atoms with Crippen LogP contribution in [0.2, 0.25) is 0 Å². The number of hydrogen-bond acceptors (Lipinski definition) is 3. The Kier molecular flexibility index (Phi) is 1.45. The van der Waals surface area contributed by atoms with Crippen LogP contribution in [0.15, 0.2) is 12.1 Å². The Labute approximate surface area is 76.1 Å². The monoisotopic (exact) mass is 176 g/mol. The van der Waals surface area contributed by atoms with E-state index in [1.54, 1.807) is 0 Å². The summed E-state index contributed by atoms with van der Waals surface area (Å²) in [4.78, 5) is 1.32. The maximum Gasteiger partial charge on any atom is 0.155 e. The lowest BCUT2D eigenvalue weighted by molar-refractivity contribution is 0.868. The summed E-state index contributed by atoms with van der Waals surface area (Å²) in [6.07, 6.45) is 0. The molecule has 0 saturated carbocycles. The van der Waals surface area contributed by atoms with Crippen LogP contribution in [0.5, 0.6) is 0 Å². The molecule has 2 aromatic rings. The van der Waals surface area contributed by atoms with Crippen LogP contribution >= 0.6 is 0 Å². The first-order valence-electron chi connectivity index (χ1n) is 4.10. The second-order valence-electron chi connectivity index (χ2n) is 3.23. The van der Waals surface area contributed by atoms with Crippen LogP contribution in [-0.2, 0) is 0 Å². The molecular weight excluding hydrogens is 164 g/mol. The molecule has 4 N–H and O–H groups in total. The molecule has 13 heavy (non-hydrogen) atoms. The fraction of sp³-hybridized carbons (Fsp3) is 0.222. The van der Waals surface area contributed by atoms with Crippen LogP contribution in [-0.4, -0.2) is 9.89 Å². The summed E-state index contributed by atoms with van der Waals surface area (Å²) in [6, 6.07) is 3.95. The van der Waals surface area contributed by atoms with Gasteiger partial charge in [0.2, 0.25) is 0 Å². The normalized spacial score (nSPS) is 10.9. The van der Waals surface area contributed by atoms with E-state index in [0.29, 0.717) is 5.82 Å². The largest absolute Gasteiger partial charge is 0.382 e. The molecule has 1 aromatic carbocycles. The van der Waals surface area contributed by atoms with E-state index >= 15 is 0 Å². The average molecular weight is 176 g/mol. The molecule has 0 saturated heterocycles. The van der Waals surface area contributed by atoms with Gasteiger partial charge in [0.15, 0.2) is 5.82 Å². The highest BCUT2D eigenvalue weighted by Crippen LogP contribution is 2.25. The highest BCUT2D eigenvalue weighted by atomic mass is 15.5. The van der Waals surface area contributed by atoms with Crippen LogP contribution in [0.3, 0.4) is 0 Å². The number of benzene rings is 1. The first-order chi connectivity index (χ1) is 6.11. The molecule has 0 radical (unpaired) electrons. The van der Waals surface area contributed by atoms with Crippen molar-refractivity contribution in [2.75, 3.05) is 11.6 Å². The van der Waals surface area contributed by atoms with E-state index in [1.807, 2.05) is 26.0 Å². The van der Waals surface area contributed by atoms with Crippen molar-refractivity contribution in [2.24, 2.45) is 0 Å². The molecule has 0 aliphatic heterocycles. The van der Waals surface area contributed by atoms with Gasteiger partial charge in [0.05, 0.1) is 5.52 Å². The maximum absolute atomic E-state index is 5.73. The Balaban J connectivity index is 2.98. The number of anilines is 1. The van der Waals surface area contributed by atoms with Crippen molar-refractivity contribution in [1.29, 1.82) is 0 Å². The van der Waals surface area contributed by atoms with Crippen LogP contribution in [0.1, 0.15) is 11.1 Å². The van der Waals surface area contributed by atoms with E-state index in [4.69, 9.17) is 11.6 Å². The maximum atomic E-state index is 5.73. The number of hydrogen-bond donors (Lipinski definition) is 2. The summed E-state index contributed by atoms with van der Waals surface area (Å²) >= 11 is 0. The highest BCUT2D eigenvalue weighted by molar-refractivity contribution is 5.92. The summed E-state index contributed by atoms with van der Waals surface area (Å²) in [7, 11) is 0. The van der Waals surface area contributed by atoms with Crippen molar-refractivity contribution < 1.29 is 0 Å². The minimum atomic E-state index is 0.499. The van der Waals surface area contributed by atoms with Gasteiger partial charge < -0.3 is 11.6 Å². The lowest BCUT2D eigenvalue weighted by Gasteiger charge is -2.01. The van der Waals surface area contributed by atoms with Gasteiger partial charge in [-0.25, -0.2) is 0 Å². The topological polar surface area (TPSA) is 69.9 Å². The summed E-state index contributed by atoms with van der Waals surface area (Å²) in [6.45, 7) is 4.07. The Bertz CT molecular complexity index is 470. The third-order valence-electron chi connectivity index (χ3n) is 2.43. The molecule has 0 unspecified atom stereocenters. The van der Waals surface area contributed by atoms with E-state index < -0.39 is 0 Å². The molecule has 68 valence electrons. The lowest BCUT2D eigenvalue weighted by Crippen LogP contribution is -2.09. The second kappa shape index (κ2) is 2.39. The van der Waals surface area contributed by atoms with Crippen LogP contribution in [0.4, 0.5) is 5.82 Å². The molecule has 0 bridgehead atoms. The zero-order chi connectivity index (χ0) is 9.59. The first-order valence-corrected chi connectivity index (χ1v) is 4.10. The third-order valence-corrected chi connectivity index (χ3v) is 2.43. The molecule has 0 fully saturated rings. The SMILES string of the molecule is Cc1ccc2c(c(N)nn2N)c1C. The summed E-state index contributed by atoms with van der Waals surface area (Å²) < 4.78 is 0. The number of fused-ring (bicyclic) bond motifs is 1. The number of aromatic nitrogens is 2. The fourth-order valence-corrected chi connectivity index (χ4v) is 1.54. The fourth-order valence-electron chi connectivity index (χ4n) is 1.54. The van der Waals surface area contributed by atoms with Crippen molar-refractivity contribution >= 4 is 16.7 Å². The molecule has 4 nitrogen and oxygen atoms in total. The van der Waals surface area contributed by atoms with Crippen LogP contribution < -0.4 is 11.6 Å². The van der Waals surface area contributed by atoms with Crippen LogP contribution in [0.25, 0.3) is 10.9 Å². The molecule has 1 aromatic heterocycles. The number of nitrogens with two attached hydrogens (primary N) is 2.